The van der Waals surface area contributed by atoms with E-state index in [9.17, 15) is 0 Å². The maximum Gasteiger partial charge on any atom is 0.123 e. The summed E-state index contributed by atoms with van der Waals surface area (Å²) in [6.07, 6.45) is 0.551. The van der Waals surface area contributed by atoms with Crippen molar-refractivity contribution in [3.05, 3.63) is 35.9 Å². The molecule has 1 aromatic rings. The third kappa shape index (κ3) is 3.94. The molecule has 1 saturated heterocycles. The van der Waals surface area contributed by atoms with Crippen molar-refractivity contribution in [1.29, 1.82) is 0 Å². The molecule has 2 rings (SSSR count). The van der Waals surface area contributed by atoms with Crippen LogP contribution in [0.1, 0.15) is 19.4 Å². The number of methoxy groups -OCH3 is 2. The van der Waals surface area contributed by atoms with E-state index in [1.165, 1.54) is 5.56 Å². The van der Waals surface area contributed by atoms with Crippen LogP contribution in [0.15, 0.2) is 30.3 Å². The van der Waals surface area contributed by atoms with E-state index in [4.69, 9.17) is 18.7 Å². The van der Waals surface area contributed by atoms with Crippen LogP contribution >= 0.6 is 8.81 Å². The van der Waals surface area contributed by atoms with Crippen LogP contribution in [0.2, 0.25) is 0 Å². The van der Waals surface area contributed by atoms with Gasteiger partial charge in [0.1, 0.15) is 17.8 Å². The van der Waals surface area contributed by atoms with E-state index in [0.717, 1.165) is 6.42 Å². The van der Waals surface area contributed by atoms with Gasteiger partial charge in [-0.25, -0.2) is 0 Å². The van der Waals surface area contributed by atoms with Crippen LogP contribution < -0.4 is 0 Å². The van der Waals surface area contributed by atoms with E-state index in [1.54, 1.807) is 14.2 Å². The largest absolute Gasteiger partial charge is 0.382 e. The molecule has 1 fully saturated rings. The van der Waals surface area contributed by atoms with Crippen LogP contribution in [-0.2, 0) is 25.2 Å². The molecule has 1 unspecified atom stereocenters. The van der Waals surface area contributed by atoms with E-state index in [-0.39, 0.29) is 24.2 Å². The van der Waals surface area contributed by atoms with Crippen molar-refractivity contribution in [2.75, 3.05) is 27.5 Å². The summed E-state index contributed by atoms with van der Waals surface area (Å²) in [7, 11) is 3.84. The van der Waals surface area contributed by atoms with Gasteiger partial charge in [0.15, 0.2) is 0 Å². The van der Waals surface area contributed by atoms with Gasteiger partial charge in [0.05, 0.1) is 12.7 Å². The Hall–Kier alpha value is -0.510. The third-order valence-corrected chi connectivity index (χ3v) is 5.15. The Bertz CT molecular complexity index is 467. The molecule has 1 aliphatic heterocycles. The fourth-order valence-electron chi connectivity index (χ4n) is 3.44. The van der Waals surface area contributed by atoms with E-state index >= 15 is 0 Å². The number of hydrogen-bond acceptors (Lipinski definition) is 4. The van der Waals surface area contributed by atoms with Crippen molar-refractivity contribution in [3.63, 3.8) is 0 Å². The van der Waals surface area contributed by atoms with Gasteiger partial charge in [0.25, 0.3) is 0 Å². The topological polar surface area (TPSA) is 36.9 Å². The summed E-state index contributed by atoms with van der Waals surface area (Å²) in [6.45, 7) is 6.86. The standard InChI is InChI=1S/C18H29O4P/c1-13(2)18(12-19-3)17(22-23-5)16(20-4)15(21-18)11-14-9-7-6-8-10-14/h6-10,13,15-17,23H,11-12H2,1-5H3/t15-,16-,17-,18-/m0/s1. The van der Waals surface area contributed by atoms with E-state index in [0.29, 0.717) is 15.4 Å². The van der Waals surface area contributed by atoms with Crippen LogP contribution in [0.5, 0.6) is 0 Å². The molecular weight excluding hydrogens is 311 g/mol. The highest BCUT2D eigenvalue weighted by Crippen LogP contribution is 2.43. The second kappa shape index (κ2) is 8.55. The molecule has 5 heteroatoms. The Kier molecular flexibility index (Phi) is 7.00. The lowest BCUT2D eigenvalue weighted by molar-refractivity contribution is -0.137. The molecule has 1 aromatic carbocycles. The monoisotopic (exact) mass is 340 g/mol. The zero-order chi connectivity index (χ0) is 16.9. The molecule has 1 aliphatic rings. The Morgan fingerprint density at radius 3 is 2.43 bits per heavy atom. The number of rotatable bonds is 8. The molecular formula is C18H29O4P. The van der Waals surface area contributed by atoms with Gasteiger partial charge in [-0.05, 0) is 18.1 Å². The average molecular weight is 340 g/mol. The first-order chi connectivity index (χ1) is 11.1. The highest BCUT2D eigenvalue weighted by molar-refractivity contribution is 7.31. The highest BCUT2D eigenvalue weighted by Gasteiger charge is 2.57. The minimum absolute atomic E-state index is 0.0405. The minimum atomic E-state index is -0.474. The lowest BCUT2D eigenvalue weighted by atomic mass is 9.84. The fraction of sp³-hybridized carbons (Fsp3) is 0.667. The van der Waals surface area contributed by atoms with Gasteiger partial charge in [-0.15, -0.1) is 0 Å². The minimum Gasteiger partial charge on any atom is -0.382 e. The molecule has 130 valence electrons. The summed E-state index contributed by atoms with van der Waals surface area (Å²) in [5, 5.41) is 0. The second-order valence-corrected chi connectivity index (χ2v) is 6.98. The Morgan fingerprint density at radius 1 is 1.22 bits per heavy atom. The predicted octanol–water partition coefficient (Wildman–Crippen LogP) is 3.29. The van der Waals surface area contributed by atoms with Crippen molar-refractivity contribution in [2.24, 2.45) is 5.92 Å². The molecule has 0 bridgehead atoms. The zero-order valence-corrected chi connectivity index (χ0v) is 15.7. The SMILES string of the molecule is COC[C@@]1(C(C)C)O[C@@H](Cc2ccccc2)[C@H](OC)[C@@H]1OPC. The summed E-state index contributed by atoms with van der Waals surface area (Å²) < 4.78 is 24.0. The summed E-state index contributed by atoms with van der Waals surface area (Å²) in [6, 6.07) is 10.4. The number of ether oxygens (including phenoxy) is 3. The van der Waals surface area contributed by atoms with Gasteiger partial charge >= 0.3 is 0 Å². The first kappa shape index (κ1) is 18.8. The quantitative estimate of drug-likeness (QED) is 0.681. The van der Waals surface area contributed by atoms with Crippen LogP contribution in [0, 0.1) is 5.92 Å². The summed E-state index contributed by atoms with van der Waals surface area (Å²) in [5.41, 5.74) is 0.770. The molecule has 0 aliphatic carbocycles. The Morgan fingerprint density at radius 2 is 1.91 bits per heavy atom. The molecule has 4 nitrogen and oxygen atoms in total. The fourth-order valence-corrected chi connectivity index (χ4v) is 4.02. The Balaban J connectivity index is 2.29. The van der Waals surface area contributed by atoms with Gasteiger partial charge in [0.2, 0.25) is 0 Å². The van der Waals surface area contributed by atoms with E-state index < -0.39 is 5.60 Å². The Labute approximate surface area is 141 Å². The van der Waals surface area contributed by atoms with Crippen molar-refractivity contribution in [3.8, 4) is 0 Å². The molecule has 5 atom stereocenters. The van der Waals surface area contributed by atoms with Crippen molar-refractivity contribution in [1.82, 2.24) is 0 Å². The van der Waals surface area contributed by atoms with Gasteiger partial charge in [-0.2, -0.15) is 0 Å². The lowest BCUT2D eigenvalue weighted by Gasteiger charge is -2.37. The van der Waals surface area contributed by atoms with Crippen molar-refractivity contribution < 1.29 is 18.7 Å². The molecule has 0 N–H and O–H groups in total. The summed E-state index contributed by atoms with van der Waals surface area (Å²) in [5.74, 6) is 0.266. The van der Waals surface area contributed by atoms with Gasteiger partial charge in [-0.1, -0.05) is 44.2 Å². The number of hydrogen-bond donors (Lipinski definition) is 0. The molecule has 0 radical (unpaired) electrons. The number of benzene rings is 1. The van der Waals surface area contributed by atoms with Gasteiger partial charge < -0.3 is 18.7 Å². The van der Waals surface area contributed by atoms with Crippen molar-refractivity contribution >= 4 is 8.81 Å². The van der Waals surface area contributed by atoms with E-state index in [1.807, 2.05) is 12.7 Å². The van der Waals surface area contributed by atoms with Crippen LogP contribution in [0.4, 0.5) is 0 Å². The smallest absolute Gasteiger partial charge is 0.123 e. The first-order valence-electron chi connectivity index (χ1n) is 8.15. The van der Waals surface area contributed by atoms with E-state index in [2.05, 4.69) is 38.1 Å². The normalized spacial score (nSPS) is 31.5. The summed E-state index contributed by atoms with van der Waals surface area (Å²) in [4.78, 5) is 0. The lowest BCUT2D eigenvalue weighted by Crippen LogP contribution is -2.51. The maximum atomic E-state index is 6.55. The van der Waals surface area contributed by atoms with Crippen LogP contribution in [0.3, 0.4) is 0 Å². The maximum absolute atomic E-state index is 6.55. The molecule has 0 amide bonds. The van der Waals surface area contributed by atoms with Crippen molar-refractivity contribution in [2.45, 2.75) is 44.2 Å². The van der Waals surface area contributed by atoms with Crippen LogP contribution in [0.25, 0.3) is 0 Å². The van der Waals surface area contributed by atoms with Gasteiger partial charge in [0, 0.05) is 29.4 Å². The highest BCUT2D eigenvalue weighted by atomic mass is 31.1. The zero-order valence-electron chi connectivity index (χ0n) is 14.7. The second-order valence-electron chi connectivity index (χ2n) is 6.33. The predicted molar refractivity (Wildman–Crippen MR) is 94.4 cm³/mol. The van der Waals surface area contributed by atoms with Gasteiger partial charge in [-0.3, -0.25) is 0 Å². The molecule has 1 heterocycles. The summed E-state index contributed by atoms with van der Waals surface area (Å²) >= 11 is 0. The molecule has 0 saturated carbocycles. The molecule has 0 aromatic heterocycles. The average Bonchev–Trinajstić information content (AvgIpc) is 2.83. The molecule has 23 heavy (non-hydrogen) atoms. The molecule has 0 spiro atoms. The van der Waals surface area contributed by atoms with Crippen LogP contribution in [-0.4, -0.2) is 51.4 Å². The first-order valence-corrected chi connectivity index (χ1v) is 9.55. The third-order valence-electron chi connectivity index (χ3n) is 4.66.